The topological polar surface area (TPSA) is 97.7 Å². The molecule has 4 rings (SSSR count). The van der Waals surface area contributed by atoms with Crippen LogP contribution in [0.3, 0.4) is 0 Å². The van der Waals surface area contributed by atoms with Crippen molar-refractivity contribution >= 4 is 28.0 Å². The van der Waals surface area contributed by atoms with Gasteiger partial charge in [-0.2, -0.15) is 0 Å². The molecule has 8 heteroatoms. The number of nitro groups is 1. The van der Waals surface area contributed by atoms with E-state index in [1.165, 1.54) is 23.5 Å². The zero-order valence-electron chi connectivity index (χ0n) is 13.9. The van der Waals surface area contributed by atoms with Crippen molar-refractivity contribution in [1.82, 2.24) is 9.38 Å². The maximum absolute atomic E-state index is 11.2. The molecule has 0 saturated heterocycles. The normalized spacial score (nSPS) is 11.0. The van der Waals surface area contributed by atoms with Crippen LogP contribution >= 0.6 is 11.3 Å². The molecule has 0 bridgehead atoms. The second-order valence-corrected chi connectivity index (χ2v) is 6.96. The first kappa shape index (κ1) is 16.9. The SMILES string of the molecule is O=C(O)Cc1sc2nc(-c3ccc([N+](=O)[O-])cc3)cn2c1-c1ccccc1. The van der Waals surface area contributed by atoms with E-state index in [0.29, 0.717) is 10.7 Å². The maximum Gasteiger partial charge on any atom is 0.308 e. The molecule has 2 aromatic carbocycles. The second kappa shape index (κ2) is 6.65. The minimum Gasteiger partial charge on any atom is -0.481 e. The Morgan fingerprint density at radius 1 is 1.11 bits per heavy atom. The van der Waals surface area contributed by atoms with Gasteiger partial charge < -0.3 is 5.11 Å². The number of carboxylic acids is 1. The summed E-state index contributed by atoms with van der Waals surface area (Å²) in [6.45, 7) is 0. The van der Waals surface area contributed by atoms with Crippen LogP contribution in [-0.2, 0) is 11.2 Å². The highest BCUT2D eigenvalue weighted by atomic mass is 32.1. The van der Waals surface area contributed by atoms with E-state index in [9.17, 15) is 20.0 Å². The summed E-state index contributed by atoms with van der Waals surface area (Å²) >= 11 is 1.33. The molecule has 2 heterocycles. The van der Waals surface area contributed by atoms with Gasteiger partial charge in [0.1, 0.15) is 0 Å². The first-order valence-corrected chi connectivity index (χ1v) is 8.87. The highest BCUT2D eigenvalue weighted by molar-refractivity contribution is 7.17. The highest BCUT2D eigenvalue weighted by Gasteiger charge is 2.19. The van der Waals surface area contributed by atoms with Crippen molar-refractivity contribution in [2.45, 2.75) is 6.42 Å². The van der Waals surface area contributed by atoms with Crippen LogP contribution < -0.4 is 0 Å². The number of hydrogen-bond acceptors (Lipinski definition) is 5. The summed E-state index contributed by atoms with van der Waals surface area (Å²) in [4.78, 5) is 27.6. The van der Waals surface area contributed by atoms with Crippen LogP contribution in [0.4, 0.5) is 5.69 Å². The molecule has 0 fully saturated rings. The number of aliphatic carboxylic acids is 1. The molecular weight excluding hydrogens is 366 g/mol. The molecule has 0 spiro atoms. The van der Waals surface area contributed by atoms with Crippen molar-refractivity contribution < 1.29 is 14.8 Å². The van der Waals surface area contributed by atoms with Gasteiger partial charge in [0.15, 0.2) is 4.96 Å². The van der Waals surface area contributed by atoms with Crippen LogP contribution in [-0.4, -0.2) is 25.4 Å². The fraction of sp³-hybridized carbons (Fsp3) is 0.0526. The molecule has 0 aliphatic heterocycles. The molecule has 0 unspecified atom stereocenters. The highest BCUT2D eigenvalue weighted by Crippen LogP contribution is 2.34. The minimum absolute atomic E-state index is 0.0218. The first-order chi connectivity index (χ1) is 13.0. The third kappa shape index (κ3) is 3.18. The quantitative estimate of drug-likeness (QED) is 0.413. The third-order valence-electron chi connectivity index (χ3n) is 4.13. The zero-order valence-corrected chi connectivity index (χ0v) is 14.7. The zero-order chi connectivity index (χ0) is 19.0. The predicted octanol–water partition coefficient (Wildman–Crippen LogP) is 4.27. The Balaban J connectivity index is 1.84. The monoisotopic (exact) mass is 379 g/mol. The molecule has 4 aromatic rings. The predicted molar refractivity (Wildman–Crippen MR) is 102 cm³/mol. The van der Waals surface area contributed by atoms with E-state index in [0.717, 1.165) is 21.7 Å². The summed E-state index contributed by atoms with van der Waals surface area (Å²) in [6, 6.07) is 15.8. The van der Waals surface area contributed by atoms with E-state index < -0.39 is 10.9 Å². The molecule has 0 aliphatic rings. The van der Waals surface area contributed by atoms with Gasteiger partial charge in [-0.05, 0) is 17.7 Å². The molecule has 2 aromatic heterocycles. The maximum atomic E-state index is 11.2. The summed E-state index contributed by atoms with van der Waals surface area (Å²) in [6.07, 6.45) is 1.76. The Hall–Kier alpha value is -3.52. The van der Waals surface area contributed by atoms with Gasteiger partial charge in [-0.1, -0.05) is 30.3 Å². The summed E-state index contributed by atoms with van der Waals surface area (Å²) in [5.41, 5.74) is 3.17. The number of carboxylic acid groups (broad SMARTS) is 1. The Labute approximate surface area is 157 Å². The standard InChI is InChI=1S/C19H13N3O4S/c23-17(24)10-16-18(13-4-2-1-3-5-13)21-11-15(20-19(21)27-16)12-6-8-14(9-7-12)22(25)26/h1-9,11H,10H2,(H,23,24). The van der Waals surface area contributed by atoms with Gasteiger partial charge in [-0.3, -0.25) is 19.3 Å². The molecule has 27 heavy (non-hydrogen) atoms. The number of nitro benzene ring substituents is 1. The summed E-state index contributed by atoms with van der Waals surface area (Å²) in [7, 11) is 0. The number of hydrogen-bond donors (Lipinski definition) is 1. The molecule has 0 amide bonds. The molecule has 0 saturated carbocycles. The Morgan fingerprint density at radius 3 is 2.44 bits per heavy atom. The molecule has 134 valence electrons. The lowest BCUT2D eigenvalue weighted by molar-refractivity contribution is -0.384. The number of benzene rings is 2. The fourth-order valence-corrected chi connectivity index (χ4v) is 4.05. The number of non-ortho nitro benzene ring substituents is 1. The van der Waals surface area contributed by atoms with E-state index in [1.807, 2.05) is 40.9 Å². The first-order valence-electron chi connectivity index (χ1n) is 8.06. The lowest BCUT2D eigenvalue weighted by Gasteiger charge is -2.03. The number of carbonyl (C=O) groups is 1. The van der Waals surface area contributed by atoms with Gasteiger partial charge in [0.25, 0.3) is 5.69 Å². The largest absolute Gasteiger partial charge is 0.481 e. The molecule has 1 N–H and O–H groups in total. The molecule has 7 nitrogen and oxygen atoms in total. The average Bonchev–Trinajstić information content (AvgIpc) is 3.19. The van der Waals surface area contributed by atoms with Gasteiger partial charge in [0.05, 0.1) is 22.7 Å². The minimum atomic E-state index is -0.896. The van der Waals surface area contributed by atoms with Crippen molar-refractivity contribution in [3.63, 3.8) is 0 Å². The number of aromatic nitrogens is 2. The van der Waals surface area contributed by atoms with E-state index >= 15 is 0 Å². The van der Waals surface area contributed by atoms with Crippen LogP contribution in [0.1, 0.15) is 4.88 Å². The third-order valence-corrected chi connectivity index (χ3v) is 5.18. The molecule has 0 aliphatic carbocycles. The van der Waals surface area contributed by atoms with Gasteiger partial charge >= 0.3 is 5.97 Å². The van der Waals surface area contributed by atoms with Crippen LogP contribution in [0.25, 0.3) is 27.5 Å². The number of fused-ring (bicyclic) bond motifs is 1. The lowest BCUT2D eigenvalue weighted by Crippen LogP contribution is -2.00. The number of thiazole rings is 1. The van der Waals surface area contributed by atoms with Crippen molar-refractivity contribution in [2.75, 3.05) is 0 Å². The fourth-order valence-electron chi connectivity index (χ4n) is 2.93. The van der Waals surface area contributed by atoms with Gasteiger partial charge in [0, 0.05) is 28.8 Å². The second-order valence-electron chi connectivity index (χ2n) is 5.89. The van der Waals surface area contributed by atoms with Gasteiger partial charge in [-0.15, -0.1) is 11.3 Å². The smallest absolute Gasteiger partial charge is 0.308 e. The van der Waals surface area contributed by atoms with E-state index in [-0.39, 0.29) is 12.1 Å². The van der Waals surface area contributed by atoms with Gasteiger partial charge in [0.2, 0.25) is 0 Å². The number of rotatable bonds is 5. The molecule has 0 atom stereocenters. The lowest BCUT2D eigenvalue weighted by atomic mass is 10.1. The van der Waals surface area contributed by atoms with E-state index in [2.05, 4.69) is 4.98 Å². The van der Waals surface area contributed by atoms with Crippen LogP contribution in [0.2, 0.25) is 0 Å². The van der Waals surface area contributed by atoms with Crippen molar-refractivity contribution in [2.24, 2.45) is 0 Å². The Morgan fingerprint density at radius 2 is 1.81 bits per heavy atom. The van der Waals surface area contributed by atoms with Crippen LogP contribution in [0.5, 0.6) is 0 Å². The summed E-state index contributed by atoms with van der Waals surface area (Å²) in [5, 5.41) is 20.0. The van der Waals surface area contributed by atoms with Gasteiger partial charge in [-0.25, -0.2) is 4.98 Å². The Kier molecular flexibility index (Phi) is 4.17. The number of imidazole rings is 1. The van der Waals surface area contributed by atoms with Crippen LogP contribution in [0, 0.1) is 10.1 Å². The summed E-state index contributed by atoms with van der Waals surface area (Å²) < 4.78 is 1.88. The number of nitrogens with zero attached hydrogens (tertiary/aromatic N) is 3. The molecular formula is C19H13N3O4S. The van der Waals surface area contributed by atoms with E-state index in [4.69, 9.17) is 0 Å². The van der Waals surface area contributed by atoms with Crippen molar-refractivity contribution in [3.05, 3.63) is 75.8 Å². The van der Waals surface area contributed by atoms with E-state index in [1.54, 1.807) is 12.1 Å². The summed E-state index contributed by atoms with van der Waals surface area (Å²) in [5.74, 6) is -0.896. The van der Waals surface area contributed by atoms with Crippen LogP contribution in [0.15, 0.2) is 60.8 Å². The van der Waals surface area contributed by atoms with Crippen molar-refractivity contribution in [3.8, 4) is 22.5 Å². The molecule has 0 radical (unpaired) electrons. The average molecular weight is 379 g/mol. The van der Waals surface area contributed by atoms with Crippen molar-refractivity contribution in [1.29, 1.82) is 0 Å². The Bertz CT molecular complexity index is 1150.